The highest BCUT2D eigenvalue weighted by Crippen LogP contribution is 2.34. The minimum atomic E-state index is -0.968. The molecular weight excluding hydrogens is 718 g/mol. The van der Waals surface area contributed by atoms with Crippen LogP contribution in [0.25, 0.3) is 0 Å². The van der Waals surface area contributed by atoms with Crippen molar-refractivity contribution in [3.8, 4) is 6.07 Å². The average molecular weight is 762 g/mol. The summed E-state index contributed by atoms with van der Waals surface area (Å²) in [5, 5.41) is 15.1. The van der Waals surface area contributed by atoms with Crippen LogP contribution in [-0.4, -0.2) is 90.2 Å². The van der Waals surface area contributed by atoms with E-state index in [0.29, 0.717) is 45.9 Å². The number of amides is 5. The molecule has 1 saturated carbocycles. The van der Waals surface area contributed by atoms with Gasteiger partial charge >= 0.3 is 0 Å². The minimum absolute atomic E-state index is 0.0493. The molecule has 2 saturated heterocycles. The number of hydrogen-bond acceptors (Lipinski definition) is 9. The normalized spacial score (nSPS) is 23.2. The zero-order chi connectivity index (χ0) is 38.4. The summed E-state index contributed by atoms with van der Waals surface area (Å²) in [6.07, 6.45) is 6.67. The number of nitrogens with one attached hydrogen (secondary N) is 2. The number of piperidine rings is 2. The van der Waals surface area contributed by atoms with Crippen LogP contribution in [0.1, 0.15) is 99.1 Å². The second-order valence-corrected chi connectivity index (χ2v) is 15.9. The summed E-state index contributed by atoms with van der Waals surface area (Å²) in [4.78, 5) is 72.1. The van der Waals surface area contributed by atoms with Crippen molar-refractivity contribution in [3.63, 3.8) is 0 Å². The number of imide groups is 2. The van der Waals surface area contributed by atoms with Crippen LogP contribution in [0.15, 0.2) is 54.6 Å². The van der Waals surface area contributed by atoms with E-state index in [1.807, 2.05) is 48.5 Å². The van der Waals surface area contributed by atoms with Crippen molar-refractivity contribution in [3.05, 3.63) is 93.0 Å². The summed E-state index contributed by atoms with van der Waals surface area (Å²) in [7, 11) is 2.06. The van der Waals surface area contributed by atoms with Crippen molar-refractivity contribution in [1.82, 2.24) is 20.4 Å². The number of halogens is 1. The second kappa shape index (κ2) is 15.1. The number of hydrogen-bond donors (Lipinski definition) is 2. The monoisotopic (exact) mass is 761 g/mol. The summed E-state index contributed by atoms with van der Waals surface area (Å²) in [6, 6.07) is 19.1. The van der Waals surface area contributed by atoms with E-state index in [1.54, 1.807) is 6.07 Å². The van der Waals surface area contributed by atoms with Gasteiger partial charge in [0, 0.05) is 74.7 Å². The molecule has 3 aromatic carbocycles. The van der Waals surface area contributed by atoms with Crippen molar-refractivity contribution >= 4 is 52.5 Å². The second-order valence-electron chi connectivity index (χ2n) is 15.5. The molecule has 4 heterocycles. The molecule has 55 heavy (non-hydrogen) atoms. The van der Waals surface area contributed by atoms with Gasteiger partial charge in [-0.25, -0.2) is 0 Å². The quantitative estimate of drug-likeness (QED) is 0.324. The van der Waals surface area contributed by atoms with E-state index in [1.165, 1.54) is 0 Å². The van der Waals surface area contributed by atoms with E-state index in [2.05, 4.69) is 38.5 Å². The first kappa shape index (κ1) is 36.7. The van der Waals surface area contributed by atoms with Crippen LogP contribution >= 0.6 is 11.6 Å². The van der Waals surface area contributed by atoms with E-state index in [0.717, 1.165) is 92.0 Å². The lowest BCUT2D eigenvalue weighted by molar-refractivity contribution is -0.136. The highest BCUT2D eigenvalue weighted by atomic mass is 35.5. The Morgan fingerprint density at radius 3 is 2.20 bits per heavy atom. The standard InChI is InChI=1S/C42H44ClN7O5/c1-47(33-9-4-27(23-44)36(43)22-33)30-10-5-29(6-11-30)45-39(52)25-2-7-31(8-3-25)48-18-15-32(16-19-48)49-17-14-26-20-34-35(21-28(26)24-49)42(55)50(41(34)54)37-12-13-38(51)46-40(37)53/h2-4,7-9,20-22,29-30,32,37H,5-6,10-19,24H2,1H3,(H,45,52)(H,46,51,53)/t29-,30-,37?. The first-order valence-corrected chi connectivity index (χ1v) is 19.7. The van der Waals surface area contributed by atoms with E-state index in [4.69, 9.17) is 11.6 Å². The molecule has 1 aliphatic carbocycles. The summed E-state index contributed by atoms with van der Waals surface area (Å²) in [5.41, 5.74) is 6.01. The third kappa shape index (κ3) is 7.19. The van der Waals surface area contributed by atoms with Gasteiger partial charge in [-0.3, -0.25) is 39.1 Å². The Kier molecular flexibility index (Phi) is 10.1. The lowest BCUT2D eigenvalue weighted by Crippen LogP contribution is -2.54. The Balaban J connectivity index is 0.814. The molecule has 0 bridgehead atoms. The molecular formula is C42H44ClN7O5. The lowest BCUT2D eigenvalue weighted by atomic mass is 9.90. The number of rotatable bonds is 7. The molecule has 0 aromatic heterocycles. The number of fused-ring (bicyclic) bond motifs is 2. The lowest BCUT2D eigenvalue weighted by Gasteiger charge is -2.41. The summed E-state index contributed by atoms with van der Waals surface area (Å²) in [5.74, 6) is -1.97. The van der Waals surface area contributed by atoms with E-state index in [-0.39, 0.29) is 30.7 Å². The van der Waals surface area contributed by atoms with E-state index in [9.17, 15) is 29.2 Å². The summed E-state index contributed by atoms with van der Waals surface area (Å²) in [6.45, 7) is 3.35. The van der Waals surface area contributed by atoms with Gasteiger partial charge in [-0.15, -0.1) is 0 Å². The number of carbonyl (C=O) groups excluding carboxylic acids is 5. The van der Waals surface area contributed by atoms with Gasteiger partial charge in [-0.2, -0.15) is 5.26 Å². The minimum Gasteiger partial charge on any atom is -0.372 e. The molecule has 4 aliphatic heterocycles. The molecule has 0 spiro atoms. The van der Waals surface area contributed by atoms with E-state index < -0.39 is 23.8 Å². The molecule has 5 amide bonds. The maximum absolute atomic E-state index is 13.4. The van der Waals surface area contributed by atoms with Gasteiger partial charge in [0.2, 0.25) is 11.8 Å². The first-order chi connectivity index (χ1) is 26.6. The van der Waals surface area contributed by atoms with Crippen molar-refractivity contribution < 1.29 is 24.0 Å². The molecule has 3 aromatic rings. The third-order valence-corrected chi connectivity index (χ3v) is 12.7. The molecule has 3 fully saturated rings. The molecule has 8 rings (SSSR count). The molecule has 1 atom stereocenters. The molecule has 2 N–H and O–H groups in total. The van der Waals surface area contributed by atoms with Crippen LogP contribution < -0.4 is 20.4 Å². The fraction of sp³-hybridized carbons (Fsp3) is 0.429. The summed E-state index contributed by atoms with van der Waals surface area (Å²) < 4.78 is 0. The molecule has 0 radical (unpaired) electrons. The Morgan fingerprint density at radius 2 is 1.55 bits per heavy atom. The highest BCUT2D eigenvalue weighted by molar-refractivity contribution is 6.32. The highest BCUT2D eigenvalue weighted by Gasteiger charge is 2.45. The smallest absolute Gasteiger partial charge is 0.262 e. The molecule has 13 heteroatoms. The number of anilines is 2. The molecule has 12 nitrogen and oxygen atoms in total. The van der Waals surface area contributed by atoms with Crippen LogP contribution in [0.5, 0.6) is 0 Å². The molecule has 284 valence electrons. The number of benzene rings is 3. The SMILES string of the molecule is CN(c1ccc(C#N)c(Cl)c1)[C@H]1CC[C@H](NC(=O)c2ccc(N3CCC(N4CCc5cc6c(cc5C4)C(=O)N(C4CCC(=O)NC4=O)C6=O)CC3)cc2)CC1. The van der Waals surface area contributed by atoms with Gasteiger partial charge in [0.25, 0.3) is 17.7 Å². The summed E-state index contributed by atoms with van der Waals surface area (Å²) >= 11 is 6.27. The Bertz CT molecular complexity index is 2100. The van der Waals surface area contributed by atoms with Crippen molar-refractivity contribution in [2.75, 3.05) is 36.5 Å². The van der Waals surface area contributed by atoms with Crippen LogP contribution in [0.3, 0.4) is 0 Å². The van der Waals surface area contributed by atoms with Crippen molar-refractivity contribution in [1.29, 1.82) is 5.26 Å². The fourth-order valence-corrected chi connectivity index (χ4v) is 9.29. The van der Waals surface area contributed by atoms with Gasteiger partial charge in [-0.1, -0.05) is 11.6 Å². The van der Waals surface area contributed by atoms with Crippen molar-refractivity contribution in [2.45, 2.75) is 88.5 Å². The number of nitrogens with zero attached hydrogens (tertiary/aromatic N) is 5. The predicted octanol–water partition coefficient (Wildman–Crippen LogP) is 4.82. The Morgan fingerprint density at radius 1 is 0.855 bits per heavy atom. The first-order valence-electron chi connectivity index (χ1n) is 19.3. The zero-order valence-corrected chi connectivity index (χ0v) is 31.6. The van der Waals surface area contributed by atoms with Gasteiger partial charge in [0.1, 0.15) is 12.1 Å². The van der Waals surface area contributed by atoms with Crippen LogP contribution in [-0.2, 0) is 22.6 Å². The maximum Gasteiger partial charge on any atom is 0.262 e. The number of nitriles is 1. The van der Waals surface area contributed by atoms with Crippen LogP contribution in [0.4, 0.5) is 11.4 Å². The molecule has 5 aliphatic rings. The Labute approximate surface area is 325 Å². The largest absolute Gasteiger partial charge is 0.372 e. The third-order valence-electron chi connectivity index (χ3n) is 12.3. The maximum atomic E-state index is 13.4. The topological polar surface area (TPSA) is 146 Å². The van der Waals surface area contributed by atoms with E-state index >= 15 is 0 Å². The van der Waals surface area contributed by atoms with Gasteiger partial charge < -0.3 is 15.1 Å². The molecule has 1 unspecified atom stereocenters. The zero-order valence-electron chi connectivity index (χ0n) is 30.9. The predicted molar refractivity (Wildman–Crippen MR) is 207 cm³/mol. The van der Waals surface area contributed by atoms with Gasteiger partial charge in [-0.05, 0) is 117 Å². The number of carbonyl (C=O) groups is 5. The Hall–Kier alpha value is -5.25. The van der Waals surface area contributed by atoms with Crippen molar-refractivity contribution in [2.24, 2.45) is 0 Å². The van der Waals surface area contributed by atoms with Crippen LogP contribution in [0, 0.1) is 11.3 Å². The van der Waals surface area contributed by atoms with Gasteiger partial charge in [0.15, 0.2) is 0 Å². The average Bonchev–Trinajstić information content (AvgIpc) is 3.44. The fourth-order valence-electron chi connectivity index (χ4n) is 9.07. The van der Waals surface area contributed by atoms with Crippen LogP contribution in [0.2, 0.25) is 5.02 Å². The van der Waals surface area contributed by atoms with Gasteiger partial charge in [0.05, 0.1) is 21.7 Å².